The number of anilines is 1. The van der Waals surface area contributed by atoms with Gasteiger partial charge in [-0.2, -0.15) is 0 Å². The van der Waals surface area contributed by atoms with Crippen LogP contribution in [0.5, 0.6) is 17.2 Å². The molecule has 0 unspecified atom stereocenters. The molecule has 36 heavy (non-hydrogen) atoms. The number of nitrogens with one attached hydrogen (secondary N) is 1. The van der Waals surface area contributed by atoms with E-state index in [9.17, 15) is 9.59 Å². The number of carbonyl (C=O) groups excluding carboxylic acids is 2. The summed E-state index contributed by atoms with van der Waals surface area (Å²) in [5, 5.41) is 2.95. The highest BCUT2D eigenvalue weighted by Crippen LogP contribution is 2.42. The van der Waals surface area contributed by atoms with Crippen molar-refractivity contribution in [3.8, 4) is 17.2 Å². The second-order valence-electron chi connectivity index (χ2n) is 8.13. The fourth-order valence-corrected chi connectivity index (χ4v) is 4.72. The van der Waals surface area contributed by atoms with Crippen LogP contribution in [0.2, 0.25) is 0 Å². The smallest absolute Gasteiger partial charge is 0.255 e. The average Bonchev–Trinajstić information content (AvgIpc) is 3.01. The van der Waals surface area contributed by atoms with E-state index in [0.717, 1.165) is 15.6 Å². The van der Waals surface area contributed by atoms with E-state index in [0.29, 0.717) is 48.3 Å². The summed E-state index contributed by atoms with van der Waals surface area (Å²) >= 11 is 3.55. The Labute approximate surface area is 219 Å². The molecule has 3 aromatic rings. The molecule has 1 atom stereocenters. The lowest BCUT2D eigenvalue weighted by atomic mass is 9.95. The van der Waals surface area contributed by atoms with Crippen LogP contribution in [-0.4, -0.2) is 43.1 Å². The predicted molar refractivity (Wildman–Crippen MR) is 142 cm³/mol. The average molecular weight is 553 g/mol. The van der Waals surface area contributed by atoms with Crippen molar-refractivity contribution in [1.29, 1.82) is 0 Å². The molecule has 0 saturated carbocycles. The van der Waals surface area contributed by atoms with Crippen LogP contribution in [-0.2, 0) is 4.79 Å². The standard InChI is InChI=1S/C28H29BrN2O5/c1-4-34-23-14-19(15-24(35-5-2)27(23)36-6-3)28(33)31-17-25(32)30-22-13-12-20(29)16-21(22)26(31)18-10-8-7-9-11-18/h7-16,26H,4-6,17H2,1-3H3,(H,30,32)/t26-/m0/s1. The molecule has 8 heteroatoms. The van der Waals surface area contributed by atoms with Crippen LogP contribution in [0, 0.1) is 0 Å². The highest BCUT2D eigenvalue weighted by molar-refractivity contribution is 9.10. The third-order valence-corrected chi connectivity index (χ3v) is 6.23. The van der Waals surface area contributed by atoms with Crippen LogP contribution >= 0.6 is 15.9 Å². The SMILES string of the molecule is CCOc1cc(C(=O)N2CC(=O)Nc3ccc(Br)cc3[C@@H]2c2ccccc2)cc(OCC)c1OCC. The summed E-state index contributed by atoms with van der Waals surface area (Å²) in [5.41, 5.74) is 2.72. The van der Waals surface area contributed by atoms with E-state index in [1.165, 1.54) is 0 Å². The number of benzene rings is 3. The van der Waals surface area contributed by atoms with Gasteiger partial charge in [-0.3, -0.25) is 9.59 Å². The minimum absolute atomic E-state index is 0.119. The minimum Gasteiger partial charge on any atom is -0.490 e. The number of carbonyl (C=O) groups is 2. The molecule has 0 fully saturated rings. The van der Waals surface area contributed by atoms with Gasteiger partial charge in [0.05, 0.1) is 25.9 Å². The highest BCUT2D eigenvalue weighted by atomic mass is 79.9. The van der Waals surface area contributed by atoms with Gasteiger partial charge in [-0.05, 0) is 56.7 Å². The summed E-state index contributed by atoms with van der Waals surface area (Å²) < 4.78 is 18.3. The van der Waals surface area contributed by atoms with E-state index in [2.05, 4.69) is 21.2 Å². The van der Waals surface area contributed by atoms with Gasteiger partial charge in [0.2, 0.25) is 11.7 Å². The molecule has 1 N–H and O–H groups in total. The van der Waals surface area contributed by atoms with Gasteiger partial charge in [-0.1, -0.05) is 46.3 Å². The van der Waals surface area contributed by atoms with Crippen LogP contribution in [0.1, 0.15) is 48.3 Å². The maximum Gasteiger partial charge on any atom is 0.255 e. The summed E-state index contributed by atoms with van der Waals surface area (Å²) in [4.78, 5) is 28.7. The van der Waals surface area contributed by atoms with Gasteiger partial charge in [-0.15, -0.1) is 0 Å². The Morgan fingerprint density at radius 1 is 0.944 bits per heavy atom. The molecule has 2 amide bonds. The number of ether oxygens (including phenoxy) is 3. The molecule has 7 nitrogen and oxygen atoms in total. The number of nitrogens with zero attached hydrogens (tertiary/aromatic N) is 1. The molecule has 188 valence electrons. The van der Waals surface area contributed by atoms with Gasteiger partial charge in [0, 0.05) is 21.3 Å². The molecule has 0 bridgehead atoms. The van der Waals surface area contributed by atoms with Crippen LogP contribution in [0.15, 0.2) is 65.1 Å². The maximum atomic E-state index is 14.1. The molecular weight excluding hydrogens is 524 g/mol. The Kier molecular flexibility index (Phi) is 8.15. The normalized spacial score (nSPS) is 14.9. The molecule has 0 saturated heterocycles. The van der Waals surface area contributed by atoms with Gasteiger partial charge >= 0.3 is 0 Å². The molecule has 3 aromatic carbocycles. The summed E-state index contributed by atoms with van der Waals surface area (Å²) in [5.74, 6) is 0.711. The first-order chi connectivity index (χ1) is 17.5. The van der Waals surface area contributed by atoms with Crippen molar-refractivity contribution in [3.05, 3.63) is 81.8 Å². The highest BCUT2D eigenvalue weighted by Gasteiger charge is 2.35. The second kappa shape index (κ2) is 11.5. The molecule has 1 aliphatic rings. The largest absolute Gasteiger partial charge is 0.490 e. The number of rotatable bonds is 8. The summed E-state index contributed by atoms with van der Waals surface area (Å²) in [6.45, 7) is 6.69. The van der Waals surface area contributed by atoms with Crippen LogP contribution in [0.4, 0.5) is 5.69 Å². The quantitative estimate of drug-likeness (QED) is 0.380. The van der Waals surface area contributed by atoms with Gasteiger partial charge in [0.25, 0.3) is 5.91 Å². The molecule has 0 aliphatic carbocycles. The summed E-state index contributed by atoms with van der Waals surface area (Å²) in [6, 6.07) is 18.2. The fraction of sp³-hybridized carbons (Fsp3) is 0.286. The first-order valence-corrected chi connectivity index (χ1v) is 12.8. The summed E-state index contributed by atoms with van der Waals surface area (Å²) in [7, 11) is 0. The Balaban J connectivity index is 1.87. The molecule has 0 spiro atoms. The number of halogens is 1. The number of amides is 2. The Bertz CT molecular complexity index is 1220. The lowest BCUT2D eigenvalue weighted by Gasteiger charge is -2.31. The number of hydrogen-bond acceptors (Lipinski definition) is 5. The first kappa shape index (κ1) is 25.6. The zero-order chi connectivity index (χ0) is 25.7. The molecule has 0 radical (unpaired) electrons. The monoisotopic (exact) mass is 552 g/mol. The predicted octanol–water partition coefficient (Wildman–Crippen LogP) is 5.83. The topological polar surface area (TPSA) is 77.1 Å². The fourth-order valence-electron chi connectivity index (χ4n) is 4.34. The van der Waals surface area contributed by atoms with Gasteiger partial charge in [-0.25, -0.2) is 0 Å². The first-order valence-electron chi connectivity index (χ1n) is 12.0. The van der Waals surface area contributed by atoms with Gasteiger partial charge < -0.3 is 24.4 Å². The lowest BCUT2D eigenvalue weighted by Crippen LogP contribution is -2.39. The van der Waals surface area contributed by atoms with E-state index in [4.69, 9.17) is 14.2 Å². The summed E-state index contributed by atoms with van der Waals surface area (Å²) in [6.07, 6.45) is 0. The van der Waals surface area contributed by atoms with E-state index < -0.39 is 6.04 Å². The van der Waals surface area contributed by atoms with Gasteiger partial charge in [0.15, 0.2) is 11.5 Å². The maximum absolute atomic E-state index is 14.1. The zero-order valence-corrected chi connectivity index (χ0v) is 22.1. The third-order valence-electron chi connectivity index (χ3n) is 5.74. The van der Waals surface area contributed by atoms with Gasteiger partial charge in [0.1, 0.15) is 6.54 Å². The van der Waals surface area contributed by atoms with Crippen molar-refractivity contribution in [2.45, 2.75) is 26.8 Å². The van der Waals surface area contributed by atoms with E-state index in [1.54, 1.807) is 17.0 Å². The molecule has 1 heterocycles. The van der Waals surface area contributed by atoms with Crippen molar-refractivity contribution in [1.82, 2.24) is 4.90 Å². The van der Waals surface area contributed by atoms with Crippen molar-refractivity contribution in [2.75, 3.05) is 31.7 Å². The van der Waals surface area contributed by atoms with Crippen molar-refractivity contribution in [2.24, 2.45) is 0 Å². The Morgan fingerprint density at radius 2 is 1.58 bits per heavy atom. The minimum atomic E-state index is -0.497. The van der Waals surface area contributed by atoms with Crippen molar-refractivity contribution >= 4 is 33.4 Å². The molecule has 4 rings (SSSR count). The Hall–Kier alpha value is -3.52. The van der Waals surface area contributed by atoms with Crippen LogP contribution in [0.3, 0.4) is 0 Å². The van der Waals surface area contributed by atoms with Crippen LogP contribution in [0.25, 0.3) is 0 Å². The van der Waals surface area contributed by atoms with E-state index in [-0.39, 0.29) is 18.4 Å². The zero-order valence-electron chi connectivity index (χ0n) is 20.5. The molecule has 0 aromatic heterocycles. The number of fused-ring (bicyclic) bond motifs is 1. The Morgan fingerprint density at radius 3 is 2.19 bits per heavy atom. The van der Waals surface area contributed by atoms with Crippen molar-refractivity contribution in [3.63, 3.8) is 0 Å². The van der Waals surface area contributed by atoms with Crippen molar-refractivity contribution < 1.29 is 23.8 Å². The molecule has 1 aliphatic heterocycles. The van der Waals surface area contributed by atoms with Crippen LogP contribution < -0.4 is 19.5 Å². The third kappa shape index (κ3) is 5.33. The van der Waals surface area contributed by atoms with E-state index in [1.807, 2.05) is 69.3 Å². The second-order valence-corrected chi connectivity index (χ2v) is 9.04. The lowest BCUT2D eigenvalue weighted by molar-refractivity contribution is -0.117. The van der Waals surface area contributed by atoms with E-state index >= 15 is 0 Å². The number of hydrogen-bond donors (Lipinski definition) is 1. The molecular formula is C28H29BrN2O5.